The van der Waals surface area contributed by atoms with Crippen molar-refractivity contribution in [3.05, 3.63) is 48.2 Å². The van der Waals surface area contributed by atoms with Gasteiger partial charge in [0.2, 0.25) is 0 Å². The van der Waals surface area contributed by atoms with Crippen molar-refractivity contribution in [2.75, 3.05) is 20.7 Å². The van der Waals surface area contributed by atoms with Crippen LogP contribution < -0.4 is 4.74 Å². The predicted molar refractivity (Wildman–Crippen MR) is 97.1 cm³/mol. The number of methoxy groups -OCH3 is 1. The molecule has 0 amide bonds. The zero-order valence-electron chi connectivity index (χ0n) is 14.2. The van der Waals surface area contributed by atoms with Crippen molar-refractivity contribution in [2.24, 2.45) is 0 Å². The first-order valence-electron chi connectivity index (χ1n) is 8.42. The first kappa shape index (κ1) is 14.9. The van der Waals surface area contributed by atoms with Crippen molar-refractivity contribution in [1.82, 2.24) is 9.97 Å². The van der Waals surface area contributed by atoms with Gasteiger partial charge in [0.05, 0.1) is 24.9 Å². The Labute approximate surface area is 141 Å². The first-order valence-corrected chi connectivity index (χ1v) is 8.42. The monoisotopic (exact) mass is 320 g/mol. The van der Waals surface area contributed by atoms with Crippen LogP contribution in [-0.2, 0) is 6.42 Å². The maximum atomic E-state index is 5.44. The van der Waals surface area contributed by atoms with E-state index in [9.17, 15) is 0 Å². The van der Waals surface area contributed by atoms with Gasteiger partial charge in [-0.2, -0.15) is 0 Å². The highest BCUT2D eigenvalue weighted by atomic mass is 16.5. The molecule has 0 saturated heterocycles. The lowest BCUT2D eigenvalue weighted by molar-refractivity contribution is -0.489. The molecule has 3 heterocycles. The molecule has 122 valence electrons. The third-order valence-electron chi connectivity index (χ3n) is 4.91. The SMILES string of the molecule is COc1ccc2[nH]c(-c3ccccn3)c(CC3=[N+](C)CCC3)c2c1. The second kappa shape index (κ2) is 6.11. The Morgan fingerprint density at radius 2 is 2.17 bits per heavy atom. The molecule has 4 heteroatoms. The van der Waals surface area contributed by atoms with E-state index >= 15 is 0 Å². The fraction of sp³-hybridized carbons (Fsp3) is 0.300. The molecule has 0 spiro atoms. The molecule has 0 saturated carbocycles. The molecule has 0 aliphatic carbocycles. The van der Waals surface area contributed by atoms with E-state index in [1.165, 1.54) is 29.5 Å². The van der Waals surface area contributed by atoms with Crippen molar-refractivity contribution in [3.63, 3.8) is 0 Å². The standard InChI is InChI=1S/C20H22N3O/c1-23-11-5-6-14(23)12-17-16-13-15(24-2)8-9-18(16)22-20(17)19-7-3-4-10-21-19/h3-4,7-10,13,22H,5-6,11-12H2,1-2H3/q+1. The Bertz CT molecular complexity index is 909. The minimum atomic E-state index is 0.889. The molecule has 1 N–H and O–H groups in total. The third kappa shape index (κ3) is 2.58. The van der Waals surface area contributed by atoms with Gasteiger partial charge in [-0.3, -0.25) is 4.98 Å². The Balaban J connectivity index is 1.90. The van der Waals surface area contributed by atoms with Crippen LogP contribution in [0.3, 0.4) is 0 Å². The average molecular weight is 320 g/mol. The van der Waals surface area contributed by atoms with Crippen LogP contribution in [-0.4, -0.2) is 41.0 Å². The Morgan fingerprint density at radius 3 is 2.88 bits per heavy atom. The van der Waals surface area contributed by atoms with Crippen LogP contribution in [0.15, 0.2) is 42.6 Å². The number of fused-ring (bicyclic) bond motifs is 1. The van der Waals surface area contributed by atoms with Gasteiger partial charge in [0.1, 0.15) is 19.3 Å². The smallest absolute Gasteiger partial charge is 0.156 e. The number of nitrogens with zero attached hydrogens (tertiary/aromatic N) is 2. The van der Waals surface area contributed by atoms with Crippen molar-refractivity contribution >= 4 is 16.6 Å². The maximum absolute atomic E-state index is 5.44. The molecular formula is C20H22N3O+. The second-order valence-electron chi connectivity index (χ2n) is 6.37. The number of rotatable bonds is 4. The van der Waals surface area contributed by atoms with Gasteiger partial charge in [-0.05, 0) is 35.9 Å². The summed E-state index contributed by atoms with van der Waals surface area (Å²) in [5.41, 5.74) is 6.05. The van der Waals surface area contributed by atoms with E-state index in [0.717, 1.165) is 35.6 Å². The van der Waals surface area contributed by atoms with Crippen molar-refractivity contribution in [3.8, 4) is 17.1 Å². The molecule has 0 radical (unpaired) electrons. The van der Waals surface area contributed by atoms with E-state index in [1.807, 2.05) is 24.4 Å². The van der Waals surface area contributed by atoms with E-state index in [1.54, 1.807) is 7.11 Å². The summed E-state index contributed by atoms with van der Waals surface area (Å²) in [7, 11) is 3.91. The number of pyridine rings is 1. The van der Waals surface area contributed by atoms with E-state index < -0.39 is 0 Å². The fourth-order valence-corrected chi connectivity index (χ4v) is 3.56. The van der Waals surface area contributed by atoms with Crippen molar-refractivity contribution in [1.29, 1.82) is 0 Å². The molecule has 1 aliphatic heterocycles. The number of H-pyrrole nitrogens is 1. The summed E-state index contributed by atoms with van der Waals surface area (Å²) in [5, 5.41) is 1.22. The van der Waals surface area contributed by atoms with Crippen LogP contribution >= 0.6 is 0 Å². The zero-order chi connectivity index (χ0) is 16.5. The molecule has 1 aliphatic rings. The van der Waals surface area contributed by atoms with Crippen molar-refractivity contribution in [2.45, 2.75) is 19.3 Å². The summed E-state index contributed by atoms with van der Waals surface area (Å²) in [5.74, 6) is 0.889. The molecule has 0 fully saturated rings. The second-order valence-corrected chi connectivity index (χ2v) is 6.37. The molecule has 4 rings (SSSR count). The molecule has 0 bridgehead atoms. The summed E-state index contributed by atoms with van der Waals surface area (Å²) in [6.07, 6.45) is 5.22. The van der Waals surface area contributed by atoms with Gasteiger partial charge in [0.15, 0.2) is 5.71 Å². The largest absolute Gasteiger partial charge is 0.497 e. The molecule has 4 nitrogen and oxygen atoms in total. The number of aromatic amines is 1. The number of benzene rings is 1. The molecule has 0 atom stereocenters. The number of ether oxygens (including phenoxy) is 1. The highest BCUT2D eigenvalue weighted by Crippen LogP contribution is 2.32. The first-order chi connectivity index (χ1) is 11.8. The lowest BCUT2D eigenvalue weighted by Gasteiger charge is -2.04. The predicted octanol–water partition coefficient (Wildman–Crippen LogP) is 3.66. The quantitative estimate of drug-likeness (QED) is 0.745. The lowest BCUT2D eigenvalue weighted by Crippen LogP contribution is -2.12. The number of hydrogen-bond donors (Lipinski definition) is 1. The van der Waals surface area contributed by atoms with E-state index in [0.29, 0.717) is 0 Å². The van der Waals surface area contributed by atoms with Crippen LogP contribution in [0.25, 0.3) is 22.3 Å². The minimum absolute atomic E-state index is 0.889. The minimum Gasteiger partial charge on any atom is -0.497 e. The van der Waals surface area contributed by atoms with Crippen LogP contribution in [0.1, 0.15) is 18.4 Å². The van der Waals surface area contributed by atoms with Gasteiger partial charge < -0.3 is 9.72 Å². The third-order valence-corrected chi connectivity index (χ3v) is 4.91. The van der Waals surface area contributed by atoms with Crippen LogP contribution in [0.5, 0.6) is 5.75 Å². The highest BCUT2D eigenvalue weighted by Gasteiger charge is 2.23. The van der Waals surface area contributed by atoms with Crippen LogP contribution in [0.4, 0.5) is 0 Å². The van der Waals surface area contributed by atoms with Crippen LogP contribution in [0.2, 0.25) is 0 Å². The van der Waals surface area contributed by atoms with Gasteiger partial charge >= 0.3 is 0 Å². The average Bonchev–Trinajstić information content (AvgIpc) is 3.19. The summed E-state index contributed by atoms with van der Waals surface area (Å²) < 4.78 is 7.83. The lowest BCUT2D eigenvalue weighted by atomic mass is 10.0. The van der Waals surface area contributed by atoms with Gasteiger partial charge in [0, 0.05) is 29.9 Å². The summed E-state index contributed by atoms with van der Waals surface area (Å²) in [6, 6.07) is 12.3. The molecule has 3 aromatic rings. The normalized spacial score (nSPS) is 14.6. The van der Waals surface area contributed by atoms with Crippen molar-refractivity contribution < 1.29 is 9.31 Å². The van der Waals surface area contributed by atoms with Gasteiger partial charge in [-0.1, -0.05) is 6.07 Å². The number of aromatic nitrogens is 2. The molecule has 24 heavy (non-hydrogen) atoms. The highest BCUT2D eigenvalue weighted by molar-refractivity contribution is 5.96. The summed E-state index contributed by atoms with van der Waals surface area (Å²) in [4.78, 5) is 8.13. The van der Waals surface area contributed by atoms with E-state index in [4.69, 9.17) is 4.74 Å². The zero-order valence-corrected chi connectivity index (χ0v) is 14.2. The summed E-state index contributed by atoms with van der Waals surface area (Å²) >= 11 is 0. The van der Waals surface area contributed by atoms with Gasteiger partial charge in [-0.15, -0.1) is 0 Å². The number of hydrogen-bond acceptors (Lipinski definition) is 2. The number of nitrogens with one attached hydrogen (secondary N) is 1. The van der Waals surface area contributed by atoms with E-state index in [-0.39, 0.29) is 0 Å². The Morgan fingerprint density at radius 1 is 1.25 bits per heavy atom. The summed E-state index contributed by atoms with van der Waals surface area (Å²) in [6.45, 7) is 1.15. The van der Waals surface area contributed by atoms with Gasteiger partial charge in [-0.25, -0.2) is 4.58 Å². The molecule has 0 unspecified atom stereocenters. The molecular weight excluding hydrogens is 298 g/mol. The topological polar surface area (TPSA) is 40.9 Å². The van der Waals surface area contributed by atoms with E-state index in [2.05, 4.69) is 39.8 Å². The van der Waals surface area contributed by atoms with Gasteiger partial charge in [0.25, 0.3) is 0 Å². The molecule has 1 aromatic carbocycles. The maximum Gasteiger partial charge on any atom is 0.156 e. The fourth-order valence-electron chi connectivity index (χ4n) is 3.56. The molecule has 2 aromatic heterocycles. The Hall–Kier alpha value is -2.62. The Kier molecular flexibility index (Phi) is 3.81. The van der Waals surface area contributed by atoms with Crippen LogP contribution in [0, 0.1) is 0 Å².